The number of amides is 1. The topological polar surface area (TPSA) is 29.1 Å². The fraction of sp³-hybridized carbons (Fsp3) is 0.786. The number of allylic oxidation sites excluding steroid dienone is 1. The molecule has 16 heavy (non-hydrogen) atoms. The zero-order valence-corrected chi connectivity index (χ0v) is 10.7. The van der Waals surface area contributed by atoms with Crippen molar-refractivity contribution >= 4 is 5.91 Å². The predicted octanol–water partition coefficient (Wildman–Crippen LogP) is 3.29. The van der Waals surface area contributed by atoms with E-state index in [-0.39, 0.29) is 11.8 Å². The summed E-state index contributed by atoms with van der Waals surface area (Å²) in [5, 5.41) is 2.77. The van der Waals surface area contributed by atoms with Crippen LogP contribution in [0.15, 0.2) is 12.2 Å². The Kier molecular flexibility index (Phi) is 5.58. The van der Waals surface area contributed by atoms with Gasteiger partial charge in [-0.15, -0.1) is 6.58 Å². The van der Waals surface area contributed by atoms with Gasteiger partial charge in [0, 0.05) is 13.0 Å². The molecule has 1 fully saturated rings. The van der Waals surface area contributed by atoms with Crippen LogP contribution in [-0.2, 0) is 4.79 Å². The Bertz CT molecular complexity index is 241. The highest BCUT2D eigenvalue weighted by atomic mass is 16.1. The van der Waals surface area contributed by atoms with Crippen LogP contribution in [0.2, 0.25) is 0 Å². The van der Waals surface area contributed by atoms with Crippen molar-refractivity contribution in [1.82, 2.24) is 5.32 Å². The summed E-state index contributed by atoms with van der Waals surface area (Å²) in [6.07, 6.45) is 8.58. The van der Waals surface area contributed by atoms with Crippen LogP contribution in [0.25, 0.3) is 0 Å². The standard InChI is InChI=1S/C14H25NO/c1-11(2)10-13(14(16)15-3)9-8-12-6-4-5-7-12/h12-13H,1,4-10H2,2-3H3,(H,15,16). The zero-order valence-electron chi connectivity index (χ0n) is 10.7. The summed E-state index contributed by atoms with van der Waals surface area (Å²) >= 11 is 0. The van der Waals surface area contributed by atoms with Gasteiger partial charge in [-0.2, -0.15) is 0 Å². The number of nitrogens with one attached hydrogen (secondary N) is 1. The van der Waals surface area contributed by atoms with Gasteiger partial charge in [-0.1, -0.05) is 31.3 Å². The number of carbonyl (C=O) groups is 1. The van der Waals surface area contributed by atoms with Gasteiger partial charge >= 0.3 is 0 Å². The van der Waals surface area contributed by atoms with Crippen LogP contribution in [0.5, 0.6) is 0 Å². The second-order valence-corrected chi connectivity index (χ2v) is 5.20. The average Bonchev–Trinajstić information content (AvgIpc) is 2.75. The van der Waals surface area contributed by atoms with E-state index in [1.165, 1.54) is 32.1 Å². The largest absolute Gasteiger partial charge is 0.359 e. The molecule has 1 aliphatic rings. The van der Waals surface area contributed by atoms with Gasteiger partial charge in [0.2, 0.25) is 5.91 Å². The van der Waals surface area contributed by atoms with Crippen molar-refractivity contribution in [2.45, 2.75) is 51.9 Å². The monoisotopic (exact) mass is 223 g/mol. The van der Waals surface area contributed by atoms with E-state index in [4.69, 9.17) is 0 Å². The molecule has 1 unspecified atom stereocenters. The van der Waals surface area contributed by atoms with Crippen LogP contribution in [0.4, 0.5) is 0 Å². The SMILES string of the molecule is C=C(C)CC(CCC1CCCC1)C(=O)NC. The normalized spacial score (nSPS) is 18.4. The van der Waals surface area contributed by atoms with Crippen molar-refractivity contribution in [3.05, 3.63) is 12.2 Å². The van der Waals surface area contributed by atoms with E-state index in [0.717, 1.165) is 24.3 Å². The van der Waals surface area contributed by atoms with E-state index in [9.17, 15) is 4.79 Å². The fourth-order valence-corrected chi connectivity index (χ4v) is 2.69. The van der Waals surface area contributed by atoms with Gasteiger partial charge in [0.1, 0.15) is 0 Å². The van der Waals surface area contributed by atoms with Gasteiger partial charge < -0.3 is 5.32 Å². The molecule has 0 heterocycles. The highest BCUT2D eigenvalue weighted by Crippen LogP contribution is 2.30. The summed E-state index contributed by atoms with van der Waals surface area (Å²) in [5.74, 6) is 1.20. The third-order valence-corrected chi connectivity index (χ3v) is 3.61. The Morgan fingerprint density at radius 3 is 2.56 bits per heavy atom. The first-order chi connectivity index (χ1) is 7.63. The zero-order chi connectivity index (χ0) is 12.0. The Morgan fingerprint density at radius 2 is 2.06 bits per heavy atom. The molecule has 1 saturated carbocycles. The molecule has 0 radical (unpaired) electrons. The van der Waals surface area contributed by atoms with E-state index < -0.39 is 0 Å². The lowest BCUT2D eigenvalue weighted by atomic mass is 9.90. The Hall–Kier alpha value is -0.790. The number of hydrogen-bond donors (Lipinski definition) is 1. The van der Waals surface area contributed by atoms with E-state index in [0.29, 0.717) is 0 Å². The molecule has 0 aliphatic heterocycles. The van der Waals surface area contributed by atoms with Crippen LogP contribution in [-0.4, -0.2) is 13.0 Å². The quantitative estimate of drug-likeness (QED) is 0.688. The van der Waals surface area contributed by atoms with Crippen LogP contribution in [0, 0.1) is 11.8 Å². The second kappa shape index (κ2) is 6.72. The first-order valence-electron chi connectivity index (χ1n) is 6.49. The first-order valence-corrected chi connectivity index (χ1v) is 6.49. The second-order valence-electron chi connectivity index (χ2n) is 5.20. The molecular weight excluding hydrogens is 198 g/mol. The van der Waals surface area contributed by atoms with Gasteiger partial charge in [0.05, 0.1) is 0 Å². The summed E-state index contributed by atoms with van der Waals surface area (Å²) in [6.45, 7) is 5.92. The summed E-state index contributed by atoms with van der Waals surface area (Å²) in [4.78, 5) is 11.7. The van der Waals surface area contributed by atoms with Crippen LogP contribution >= 0.6 is 0 Å². The minimum Gasteiger partial charge on any atom is -0.359 e. The number of carbonyl (C=O) groups excluding carboxylic acids is 1. The Morgan fingerprint density at radius 1 is 1.44 bits per heavy atom. The van der Waals surface area contributed by atoms with Gasteiger partial charge in [-0.05, 0) is 32.1 Å². The molecule has 1 amide bonds. The summed E-state index contributed by atoms with van der Waals surface area (Å²) < 4.78 is 0. The highest BCUT2D eigenvalue weighted by molar-refractivity contribution is 5.78. The predicted molar refractivity (Wildman–Crippen MR) is 68.2 cm³/mol. The molecule has 0 aromatic heterocycles. The molecule has 1 aliphatic carbocycles. The minimum absolute atomic E-state index is 0.142. The van der Waals surface area contributed by atoms with E-state index in [1.807, 2.05) is 6.92 Å². The molecule has 1 rings (SSSR count). The van der Waals surface area contributed by atoms with E-state index in [2.05, 4.69) is 11.9 Å². The lowest BCUT2D eigenvalue weighted by Gasteiger charge is -2.17. The third-order valence-electron chi connectivity index (χ3n) is 3.61. The van der Waals surface area contributed by atoms with Gasteiger partial charge in [-0.25, -0.2) is 0 Å². The highest BCUT2D eigenvalue weighted by Gasteiger charge is 2.21. The maximum absolute atomic E-state index is 11.7. The van der Waals surface area contributed by atoms with Crippen molar-refractivity contribution in [1.29, 1.82) is 0 Å². The summed E-state index contributed by atoms with van der Waals surface area (Å²) in [5.41, 5.74) is 1.11. The van der Waals surface area contributed by atoms with Crippen LogP contribution in [0.3, 0.4) is 0 Å². The molecule has 0 aromatic carbocycles. The molecule has 1 atom stereocenters. The molecular formula is C14H25NO. The van der Waals surface area contributed by atoms with Gasteiger partial charge in [-0.3, -0.25) is 4.79 Å². The van der Waals surface area contributed by atoms with Crippen molar-refractivity contribution in [3.63, 3.8) is 0 Å². The third kappa shape index (κ3) is 4.38. The molecule has 0 aromatic rings. The van der Waals surface area contributed by atoms with Gasteiger partial charge in [0.25, 0.3) is 0 Å². The fourth-order valence-electron chi connectivity index (χ4n) is 2.69. The van der Waals surface area contributed by atoms with Crippen molar-refractivity contribution in [2.24, 2.45) is 11.8 Å². The smallest absolute Gasteiger partial charge is 0.223 e. The number of rotatable bonds is 6. The molecule has 1 N–H and O–H groups in total. The Labute approximate surface area is 99.5 Å². The van der Waals surface area contributed by atoms with Crippen molar-refractivity contribution < 1.29 is 4.79 Å². The first kappa shape index (κ1) is 13.3. The lowest BCUT2D eigenvalue weighted by Crippen LogP contribution is -2.27. The maximum Gasteiger partial charge on any atom is 0.223 e. The number of hydrogen-bond acceptors (Lipinski definition) is 1. The van der Waals surface area contributed by atoms with Crippen LogP contribution < -0.4 is 5.32 Å². The molecule has 2 nitrogen and oxygen atoms in total. The van der Waals surface area contributed by atoms with Crippen LogP contribution in [0.1, 0.15) is 51.9 Å². The molecule has 0 spiro atoms. The summed E-state index contributed by atoms with van der Waals surface area (Å²) in [7, 11) is 1.73. The Balaban J connectivity index is 2.36. The minimum atomic E-state index is 0.142. The molecule has 0 saturated heterocycles. The van der Waals surface area contributed by atoms with Crippen molar-refractivity contribution in [3.8, 4) is 0 Å². The van der Waals surface area contributed by atoms with E-state index in [1.54, 1.807) is 7.05 Å². The molecule has 2 heteroatoms. The molecule has 0 bridgehead atoms. The lowest BCUT2D eigenvalue weighted by molar-refractivity contribution is -0.124. The average molecular weight is 223 g/mol. The molecule has 92 valence electrons. The van der Waals surface area contributed by atoms with Gasteiger partial charge in [0.15, 0.2) is 0 Å². The maximum atomic E-state index is 11.7. The van der Waals surface area contributed by atoms with Crippen molar-refractivity contribution in [2.75, 3.05) is 7.05 Å². The summed E-state index contributed by atoms with van der Waals surface area (Å²) in [6, 6.07) is 0. The van der Waals surface area contributed by atoms with E-state index >= 15 is 0 Å².